The fourth-order valence-electron chi connectivity index (χ4n) is 3.02. The van der Waals surface area contributed by atoms with Crippen molar-refractivity contribution in [1.29, 1.82) is 0 Å². The van der Waals surface area contributed by atoms with Crippen LogP contribution in [0.2, 0.25) is 0 Å². The van der Waals surface area contributed by atoms with Gasteiger partial charge in [-0.2, -0.15) is 4.98 Å². The van der Waals surface area contributed by atoms with Gasteiger partial charge in [0.1, 0.15) is 11.8 Å². The SMILES string of the molecule is Cc1cccc(OCCCCC(=O)NC(c2nc(-c3ccncc3)no2)C(C)C)c1. The molecule has 2 aromatic heterocycles. The van der Waals surface area contributed by atoms with E-state index in [-0.39, 0.29) is 17.9 Å². The summed E-state index contributed by atoms with van der Waals surface area (Å²) >= 11 is 0. The summed E-state index contributed by atoms with van der Waals surface area (Å²) in [6.45, 7) is 6.64. The zero-order valence-corrected chi connectivity index (χ0v) is 17.7. The molecule has 7 heteroatoms. The average Bonchev–Trinajstić information content (AvgIpc) is 3.22. The lowest BCUT2D eigenvalue weighted by Gasteiger charge is -2.18. The van der Waals surface area contributed by atoms with E-state index >= 15 is 0 Å². The summed E-state index contributed by atoms with van der Waals surface area (Å²) in [5, 5.41) is 7.06. The molecule has 1 amide bonds. The average molecular weight is 409 g/mol. The maximum Gasteiger partial charge on any atom is 0.249 e. The number of carbonyl (C=O) groups excluding carboxylic acids is 1. The number of aryl methyl sites for hydroxylation is 1. The maximum atomic E-state index is 12.4. The van der Waals surface area contributed by atoms with Crippen LogP contribution in [0.4, 0.5) is 0 Å². The number of nitrogens with one attached hydrogen (secondary N) is 1. The minimum absolute atomic E-state index is 0.0343. The number of hydrogen-bond donors (Lipinski definition) is 1. The lowest BCUT2D eigenvalue weighted by atomic mass is 10.0. The molecule has 1 unspecified atom stereocenters. The Morgan fingerprint density at radius 2 is 1.97 bits per heavy atom. The molecule has 0 saturated carbocycles. The largest absolute Gasteiger partial charge is 0.494 e. The Kier molecular flexibility index (Phi) is 7.54. The van der Waals surface area contributed by atoms with Crippen LogP contribution in [0.3, 0.4) is 0 Å². The number of hydrogen-bond acceptors (Lipinski definition) is 6. The van der Waals surface area contributed by atoms with Crippen molar-refractivity contribution in [3.8, 4) is 17.1 Å². The standard InChI is InChI=1S/C23H28N4O3/c1-16(2)21(23-26-22(27-30-23)18-10-12-24-13-11-18)25-20(28)9-4-5-14-29-19-8-6-7-17(3)15-19/h6-8,10-13,15-16,21H,4-5,9,14H2,1-3H3,(H,25,28). The summed E-state index contributed by atoms with van der Waals surface area (Å²) < 4.78 is 11.2. The van der Waals surface area contributed by atoms with Gasteiger partial charge in [0.15, 0.2) is 0 Å². The lowest BCUT2D eigenvalue weighted by Crippen LogP contribution is -2.31. The Morgan fingerprint density at radius 1 is 1.17 bits per heavy atom. The molecule has 7 nitrogen and oxygen atoms in total. The fraction of sp³-hybridized carbons (Fsp3) is 0.391. The van der Waals surface area contributed by atoms with Gasteiger partial charge in [0.2, 0.25) is 17.6 Å². The number of amides is 1. The number of rotatable bonds is 10. The van der Waals surface area contributed by atoms with Crippen molar-refractivity contribution in [2.24, 2.45) is 5.92 Å². The maximum absolute atomic E-state index is 12.4. The van der Waals surface area contributed by atoms with Crippen LogP contribution in [0.15, 0.2) is 53.3 Å². The van der Waals surface area contributed by atoms with Gasteiger partial charge in [-0.1, -0.05) is 31.1 Å². The third-order valence-corrected chi connectivity index (χ3v) is 4.69. The van der Waals surface area contributed by atoms with Crippen molar-refractivity contribution in [1.82, 2.24) is 20.4 Å². The molecule has 0 fully saturated rings. The molecular weight excluding hydrogens is 380 g/mol. The summed E-state index contributed by atoms with van der Waals surface area (Å²) in [4.78, 5) is 20.9. The second-order valence-corrected chi connectivity index (χ2v) is 7.60. The van der Waals surface area contributed by atoms with E-state index in [1.807, 2.05) is 57.2 Å². The molecule has 0 spiro atoms. The van der Waals surface area contributed by atoms with E-state index in [0.29, 0.717) is 24.7 Å². The van der Waals surface area contributed by atoms with Gasteiger partial charge in [-0.3, -0.25) is 9.78 Å². The van der Waals surface area contributed by atoms with Crippen molar-refractivity contribution < 1.29 is 14.1 Å². The molecule has 1 N–H and O–H groups in total. The van der Waals surface area contributed by atoms with Crippen molar-refractivity contribution in [3.05, 3.63) is 60.2 Å². The number of ether oxygens (including phenoxy) is 1. The van der Waals surface area contributed by atoms with Crippen LogP contribution < -0.4 is 10.1 Å². The summed E-state index contributed by atoms with van der Waals surface area (Å²) in [6, 6.07) is 11.3. The van der Waals surface area contributed by atoms with E-state index in [1.165, 1.54) is 5.56 Å². The Labute approximate surface area is 176 Å². The zero-order valence-electron chi connectivity index (χ0n) is 17.7. The second-order valence-electron chi connectivity index (χ2n) is 7.60. The fourth-order valence-corrected chi connectivity index (χ4v) is 3.02. The first-order valence-electron chi connectivity index (χ1n) is 10.3. The molecule has 158 valence electrons. The van der Waals surface area contributed by atoms with Crippen LogP contribution in [0, 0.1) is 12.8 Å². The normalized spacial score (nSPS) is 12.0. The summed E-state index contributed by atoms with van der Waals surface area (Å²) in [6.07, 6.45) is 5.33. The smallest absolute Gasteiger partial charge is 0.249 e. The van der Waals surface area contributed by atoms with Gasteiger partial charge >= 0.3 is 0 Å². The van der Waals surface area contributed by atoms with Crippen LogP contribution in [0.1, 0.15) is 50.6 Å². The Morgan fingerprint density at radius 3 is 2.70 bits per heavy atom. The molecular formula is C23H28N4O3. The van der Waals surface area contributed by atoms with E-state index in [1.54, 1.807) is 12.4 Å². The molecule has 0 radical (unpaired) electrons. The number of unbranched alkanes of at least 4 members (excludes halogenated alkanes) is 1. The van der Waals surface area contributed by atoms with Crippen molar-refractivity contribution >= 4 is 5.91 Å². The zero-order chi connectivity index (χ0) is 21.3. The van der Waals surface area contributed by atoms with E-state index in [4.69, 9.17) is 9.26 Å². The number of benzene rings is 1. The number of nitrogens with zero attached hydrogens (tertiary/aromatic N) is 3. The minimum atomic E-state index is -0.330. The van der Waals surface area contributed by atoms with Crippen LogP contribution >= 0.6 is 0 Å². The molecule has 1 aromatic carbocycles. The van der Waals surface area contributed by atoms with Crippen molar-refractivity contribution in [2.45, 2.75) is 46.1 Å². The van der Waals surface area contributed by atoms with Gasteiger partial charge in [0.05, 0.1) is 6.61 Å². The number of pyridine rings is 1. The first-order valence-corrected chi connectivity index (χ1v) is 10.3. The van der Waals surface area contributed by atoms with Crippen LogP contribution in [0.5, 0.6) is 5.75 Å². The number of aromatic nitrogens is 3. The topological polar surface area (TPSA) is 90.1 Å². The molecule has 1 atom stereocenters. The molecule has 0 aliphatic rings. The van der Waals surface area contributed by atoms with Gasteiger partial charge < -0.3 is 14.6 Å². The minimum Gasteiger partial charge on any atom is -0.494 e. The van der Waals surface area contributed by atoms with Crippen LogP contribution in [-0.4, -0.2) is 27.6 Å². The third kappa shape index (κ3) is 6.14. The van der Waals surface area contributed by atoms with Crippen LogP contribution in [-0.2, 0) is 4.79 Å². The highest BCUT2D eigenvalue weighted by atomic mass is 16.5. The molecule has 0 aliphatic carbocycles. The van der Waals surface area contributed by atoms with Crippen molar-refractivity contribution in [3.63, 3.8) is 0 Å². The quantitative estimate of drug-likeness (QED) is 0.497. The number of carbonyl (C=O) groups is 1. The lowest BCUT2D eigenvalue weighted by molar-refractivity contribution is -0.122. The first kappa shape index (κ1) is 21.5. The molecule has 2 heterocycles. The van der Waals surface area contributed by atoms with Gasteiger partial charge in [-0.05, 0) is 55.5 Å². The van der Waals surface area contributed by atoms with E-state index in [9.17, 15) is 4.79 Å². The predicted molar refractivity (Wildman–Crippen MR) is 114 cm³/mol. The van der Waals surface area contributed by atoms with Gasteiger partial charge in [-0.15, -0.1) is 0 Å². The molecule has 0 aliphatic heterocycles. The second kappa shape index (κ2) is 10.5. The molecule has 0 saturated heterocycles. The highest BCUT2D eigenvalue weighted by Gasteiger charge is 2.24. The van der Waals surface area contributed by atoms with Gasteiger partial charge in [0.25, 0.3) is 0 Å². The van der Waals surface area contributed by atoms with Gasteiger partial charge in [0, 0.05) is 24.4 Å². The van der Waals surface area contributed by atoms with Gasteiger partial charge in [-0.25, -0.2) is 0 Å². The van der Waals surface area contributed by atoms with E-state index in [2.05, 4.69) is 20.4 Å². The molecule has 3 rings (SSSR count). The third-order valence-electron chi connectivity index (χ3n) is 4.69. The Hall–Kier alpha value is -3.22. The monoisotopic (exact) mass is 408 g/mol. The van der Waals surface area contributed by atoms with E-state index < -0.39 is 0 Å². The van der Waals surface area contributed by atoms with Crippen LogP contribution in [0.25, 0.3) is 11.4 Å². The summed E-state index contributed by atoms with van der Waals surface area (Å²) in [7, 11) is 0. The Balaban J connectivity index is 1.47. The van der Waals surface area contributed by atoms with Crippen molar-refractivity contribution in [2.75, 3.05) is 6.61 Å². The summed E-state index contributed by atoms with van der Waals surface area (Å²) in [5.74, 6) is 1.84. The first-order chi connectivity index (χ1) is 14.5. The highest BCUT2D eigenvalue weighted by molar-refractivity contribution is 5.76. The predicted octanol–water partition coefficient (Wildman–Crippen LogP) is 4.50. The molecule has 3 aromatic rings. The molecule has 0 bridgehead atoms. The van der Waals surface area contributed by atoms with E-state index in [0.717, 1.165) is 24.2 Å². The Bertz CT molecular complexity index is 940. The molecule has 30 heavy (non-hydrogen) atoms. The summed E-state index contributed by atoms with van der Waals surface area (Å²) in [5.41, 5.74) is 1.99. The highest BCUT2D eigenvalue weighted by Crippen LogP contribution is 2.23.